The summed E-state index contributed by atoms with van der Waals surface area (Å²) >= 11 is 0. The Kier molecular flexibility index (Phi) is 3.65. The Morgan fingerprint density at radius 3 is 2.56 bits per heavy atom. The van der Waals surface area contributed by atoms with Crippen LogP contribution in [0.15, 0.2) is 18.2 Å². The van der Waals surface area contributed by atoms with Gasteiger partial charge in [0.25, 0.3) is 5.69 Å². The first-order valence-electron chi connectivity index (χ1n) is 5.30. The number of rotatable bonds is 4. The largest absolute Gasteiger partial charge is 0.330 e. The summed E-state index contributed by atoms with van der Waals surface area (Å²) in [6.45, 7) is 6.47. The lowest BCUT2D eigenvalue weighted by Crippen LogP contribution is -2.26. The Morgan fingerprint density at radius 1 is 1.44 bits per heavy atom. The molecule has 0 unspecified atom stereocenters. The molecule has 16 heavy (non-hydrogen) atoms. The molecule has 0 atom stereocenters. The number of nitro benzene ring substituents is 1. The summed E-state index contributed by atoms with van der Waals surface area (Å²) in [4.78, 5) is 10.5. The van der Waals surface area contributed by atoms with Gasteiger partial charge in [-0.3, -0.25) is 10.1 Å². The van der Waals surface area contributed by atoms with Gasteiger partial charge in [-0.15, -0.1) is 0 Å². The van der Waals surface area contributed by atoms with Crippen LogP contribution in [0.2, 0.25) is 0 Å². The molecule has 0 radical (unpaired) electrons. The van der Waals surface area contributed by atoms with E-state index in [0.29, 0.717) is 13.0 Å². The van der Waals surface area contributed by atoms with Crippen molar-refractivity contribution >= 4 is 5.69 Å². The van der Waals surface area contributed by atoms with E-state index in [1.807, 2.05) is 26.8 Å². The Hall–Kier alpha value is -1.42. The molecule has 0 heterocycles. The molecule has 0 aliphatic heterocycles. The first-order valence-corrected chi connectivity index (χ1v) is 5.30. The van der Waals surface area contributed by atoms with Crippen molar-refractivity contribution in [3.63, 3.8) is 0 Å². The quantitative estimate of drug-likeness (QED) is 0.628. The molecule has 0 bridgehead atoms. The number of aryl methyl sites for hydroxylation is 1. The van der Waals surface area contributed by atoms with Crippen molar-refractivity contribution < 1.29 is 4.92 Å². The van der Waals surface area contributed by atoms with Crippen LogP contribution < -0.4 is 5.73 Å². The standard InChI is InChI=1S/C12H18N2O2/c1-9-4-5-11(14(15)16)10(6-9)7-12(2,3)8-13/h4-6H,7-8,13H2,1-3H3. The molecule has 0 saturated carbocycles. The highest BCUT2D eigenvalue weighted by Crippen LogP contribution is 2.27. The second-order valence-electron chi connectivity index (χ2n) is 4.93. The first-order chi connectivity index (χ1) is 7.35. The molecule has 0 aromatic heterocycles. The predicted molar refractivity (Wildman–Crippen MR) is 64.4 cm³/mol. The van der Waals surface area contributed by atoms with Gasteiger partial charge < -0.3 is 5.73 Å². The van der Waals surface area contributed by atoms with Crippen molar-refractivity contribution in [2.45, 2.75) is 27.2 Å². The molecule has 1 rings (SSSR count). The van der Waals surface area contributed by atoms with Crippen molar-refractivity contribution in [2.24, 2.45) is 11.1 Å². The molecule has 0 aliphatic rings. The fraction of sp³-hybridized carbons (Fsp3) is 0.500. The maximum Gasteiger partial charge on any atom is 0.272 e. The van der Waals surface area contributed by atoms with E-state index in [0.717, 1.165) is 11.1 Å². The van der Waals surface area contributed by atoms with E-state index in [9.17, 15) is 10.1 Å². The molecule has 88 valence electrons. The van der Waals surface area contributed by atoms with E-state index in [1.54, 1.807) is 12.1 Å². The summed E-state index contributed by atoms with van der Waals surface area (Å²) in [6, 6.07) is 5.20. The Labute approximate surface area is 95.6 Å². The van der Waals surface area contributed by atoms with Crippen LogP contribution in [-0.2, 0) is 6.42 Å². The number of nitrogens with two attached hydrogens (primary N) is 1. The molecule has 0 fully saturated rings. The zero-order valence-corrected chi connectivity index (χ0v) is 9.99. The van der Waals surface area contributed by atoms with Crippen molar-refractivity contribution in [1.82, 2.24) is 0 Å². The third kappa shape index (κ3) is 3.03. The van der Waals surface area contributed by atoms with Crippen LogP contribution in [-0.4, -0.2) is 11.5 Å². The minimum absolute atomic E-state index is 0.113. The van der Waals surface area contributed by atoms with Gasteiger partial charge in [0.1, 0.15) is 0 Å². The van der Waals surface area contributed by atoms with Gasteiger partial charge >= 0.3 is 0 Å². The van der Waals surface area contributed by atoms with Crippen LogP contribution in [0.1, 0.15) is 25.0 Å². The van der Waals surface area contributed by atoms with Gasteiger partial charge in [0.05, 0.1) is 4.92 Å². The number of benzene rings is 1. The van der Waals surface area contributed by atoms with E-state index in [-0.39, 0.29) is 16.0 Å². The molecule has 1 aromatic rings. The lowest BCUT2D eigenvalue weighted by Gasteiger charge is -2.22. The maximum atomic E-state index is 10.9. The second-order valence-corrected chi connectivity index (χ2v) is 4.93. The third-order valence-corrected chi connectivity index (χ3v) is 2.65. The summed E-state index contributed by atoms with van der Waals surface area (Å²) in [5.74, 6) is 0. The molecule has 0 saturated heterocycles. The summed E-state index contributed by atoms with van der Waals surface area (Å²) in [6.07, 6.45) is 0.626. The second kappa shape index (κ2) is 4.61. The van der Waals surface area contributed by atoms with Gasteiger partial charge in [-0.05, 0) is 31.4 Å². The molecule has 0 amide bonds. The van der Waals surface area contributed by atoms with Crippen molar-refractivity contribution in [2.75, 3.05) is 6.54 Å². The zero-order valence-electron chi connectivity index (χ0n) is 9.99. The van der Waals surface area contributed by atoms with Gasteiger partial charge in [0, 0.05) is 11.6 Å². The van der Waals surface area contributed by atoms with Crippen LogP contribution in [0, 0.1) is 22.5 Å². The Morgan fingerprint density at radius 2 is 2.06 bits per heavy atom. The van der Waals surface area contributed by atoms with Crippen LogP contribution in [0.25, 0.3) is 0 Å². The minimum atomic E-state index is -0.332. The smallest absolute Gasteiger partial charge is 0.272 e. The molecular formula is C12H18N2O2. The van der Waals surface area contributed by atoms with E-state index < -0.39 is 0 Å². The molecule has 0 spiro atoms. The van der Waals surface area contributed by atoms with Gasteiger partial charge in [-0.1, -0.05) is 25.5 Å². The first kappa shape index (κ1) is 12.6. The number of hydrogen-bond acceptors (Lipinski definition) is 3. The topological polar surface area (TPSA) is 69.2 Å². The predicted octanol–water partition coefficient (Wildman–Crippen LogP) is 2.43. The maximum absolute atomic E-state index is 10.9. The van der Waals surface area contributed by atoms with E-state index >= 15 is 0 Å². The van der Waals surface area contributed by atoms with Crippen molar-refractivity contribution in [3.05, 3.63) is 39.4 Å². The average Bonchev–Trinajstić information content (AvgIpc) is 2.16. The van der Waals surface area contributed by atoms with Crippen LogP contribution >= 0.6 is 0 Å². The summed E-state index contributed by atoms with van der Waals surface area (Å²) in [5, 5.41) is 10.9. The highest BCUT2D eigenvalue weighted by Gasteiger charge is 2.22. The highest BCUT2D eigenvalue weighted by atomic mass is 16.6. The summed E-state index contributed by atoms with van der Waals surface area (Å²) < 4.78 is 0. The van der Waals surface area contributed by atoms with E-state index in [1.165, 1.54) is 0 Å². The molecule has 1 aromatic carbocycles. The number of nitro groups is 1. The number of nitrogens with zero attached hydrogens (tertiary/aromatic N) is 1. The normalized spacial score (nSPS) is 11.5. The lowest BCUT2D eigenvalue weighted by atomic mass is 9.85. The highest BCUT2D eigenvalue weighted by molar-refractivity contribution is 5.43. The molecule has 2 N–H and O–H groups in total. The van der Waals surface area contributed by atoms with Gasteiger partial charge in [-0.25, -0.2) is 0 Å². The summed E-state index contributed by atoms with van der Waals surface area (Å²) in [5.41, 5.74) is 7.52. The fourth-order valence-electron chi connectivity index (χ4n) is 1.62. The molecule has 4 nitrogen and oxygen atoms in total. The van der Waals surface area contributed by atoms with Gasteiger partial charge in [0.2, 0.25) is 0 Å². The monoisotopic (exact) mass is 222 g/mol. The minimum Gasteiger partial charge on any atom is -0.330 e. The SMILES string of the molecule is Cc1ccc([N+](=O)[O-])c(CC(C)(C)CN)c1. The van der Waals surface area contributed by atoms with Gasteiger partial charge in [-0.2, -0.15) is 0 Å². The average molecular weight is 222 g/mol. The van der Waals surface area contributed by atoms with Crippen LogP contribution in [0.4, 0.5) is 5.69 Å². The van der Waals surface area contributed by atoms with Crippen LogP contribution in [0.5, 0.6) is 0 Å². The van der Waals surface area contributed by atoms with Crippen LogP contribution in [0.3, 0.4) is 0 Å². The van der Waals surface area contributed by atoms with Crippen molar-refractivity contribution in [3.8, 4) is 0 Å². The third-order valence-electron chi connectivity index (χ3n) is 2.65. The zero-order chi connectivity index (χ0) is 12.3. The Bertz CT molecular complexity index is 400. The molecule has 0 aliphatic carbocycles. The van der Waals surface area contributed by atoms with Gasteiger partial charge in [0.15, 0.2) is 0 Å². The lowest BCUT2D eigenvalue weighted by molar-refractivity contribution is -0.385. The van der Waals surface area contributed by atoms with E-state index in [2.05, 4.69) is 0 Å². The molecular weight excluding hydrogens is 204 g/mol. The van der Waals surface area contributed by atoms with E-state index in [4.69, 9.17) is 5.73 Å². The fourth-order valence-corrected chi connectivity index (χ4v) is 1.62. The number of hydrogen-bond donors (Lipinski definition) is 1. The van der Waals surface area contributed by atoms with Crippen molar-refractivity contribution in [1.29, 1.82) is 0 Å². The Balaban J connectivity index is 3.10. The summed E-state index contributed by atoms with van der Waals surface area (Å²) in [7, 11) is 0. The molecule has 4 heteroatoms.